The van der Waals surface area contributed by atoms with Crippen molar-refractivity contribution in [3.8, 4) is 0 Å². The van der Waals surface area contributed by atoms with Crippen LogP contribution in [0, 0.1) is 17.0 Å². The number of hydrogen-bond donors (Lipinski definition) is 2. The van der Waals surface area contributed by atoms with Crippen molar-refractivity contribution in [1.82, 2.24) is 5.43 Å². The molecule has 0 unspecified atom stereocenters. The molecule has 2 N–H and O–H groups in total. The molecule has 0 spiro atoms. The van der Waals surface area contributed by atoms with E-state index < -0.39 is 10.8 Å². The van der Waals surface area contributed by atoms with Crippen molar-refractivity contribution >= 4 is 28.9 Å². The van der Waals surface area contributed by atoms with Gasteiger partial charge in [0.2, 0.25) is 5.91 Å². The lowest BCUT2D eigenvalue weighted by Gasteiger charge is -2.05. The molecule has 98 valence electrons. The van der Waals surface area contributed by atoms with Crippen LogP contribution in [0.2, 0.25) is 0 Å². The smallest absolute Gasteiger partial charge is 0.293 e. The molecular weight excluding hydrogens is 252 g/mol. The summed E-state index contributed by atoms with van der Waals surface area (Å²) in [5.41, 5.74) is 2.71. The van der Waals surface area contributed by atoms with Crippen LogP contribution in [-0.4, -0.2) is 22.4 Å². The van der Waals surface area contributed by atoms with Crippen LogP contribution in [0.4, 0.5) is 11.4 Å². The molecule has 8 heteroatoms. The topological polar surface area (TPSA) is 114 Å². The van der Waals surface area contributed by atoms with Gasteiger partial charge in [0.15, 0.2) is 0 Å². The molecule has 2 amide bonds. The summed E-state index contributed by atoms with van der Waals surface area (Å²) < 4.78 is 0. The van der Waals surface area contributed by atoms with Crippen LogP contribution in [0.25, 0.3) is 0 Å². The number of aryl methyl sites for hydroxylation is 1. The molecule has 0 aromatic heterocycles. The zero-order valence-corrected chi connectivity index (χ0v) is 9.97. The summed E-state index contributed by atoms with van der Waals surface area (Å²) in [6.07, 6.45) is -0.133. The number of nitro groups is 1. The monoisotopic (exact) mass is 262 g/mol. The van der Waals surface area contributed by atoms with E-state index in [2.05, 4.69) is 15.8 Å². The van der Waals surface area contributed by atoms with Gasteiger partial charge in [-0.2, -0.15) is 5.10 Å². The van der Waals surface area contributed by atoms with Gasteiger partial charge in [0, 0.05) is 6.07 Å². The first-order valence-corrected chi connectivity index (χ1v) is 5.39. The number of amides is 2. The second-order valence-electron chi connectivity index (χ2n) is 4.00. The Kier molecular flexibility index (Phi) is 3.23. The molecule has 0 saturated heterocycles. The van der Waals surface area contributed by atoms with Crippen LogP contribution in [0.3, 0.4) is 0 Å². The first kappa shape index (κ1) is 12.7. The molecule has 1 aliphatic heterocycles. The quantitative estimate of drug-likeness (QED) is 0.616. The second-order valence-corrected chi connectivity index (χ2v) is 4.00. The van der Waals surface area contributed by atoms with Crippen LogP contribution >= 0.6 is 0 Å². The summed E-state index contributed by atoms with van der Waals surface area (Å²) in [5.74, 6) is -1.02. The van der Waals surface area contributed by atoms with Gasteiger partial charge in [-0.1, -0.05) is 6.07 Å². The van der Waals surface area contributed by atoms with Crippen LogP contribution in [-0.2, 0) is 9.59 Å². The van der Waals surface area contributed by atoms with E-state index in [1.807, 2.05) is 0 Å². The predicted octanol–water partition coefficient (Wildman–Crippen LogP) is 0.718. The van der Waals surface area contributed by atoms with Crippen LogP contribution in [0.5, 0.6) is 0 Å². The number of rotatable bonds is 3. The number of hydrazone groups is 1. The van der Waals surface area contributed by atoms with Crippen molar-refractivity contribution in [2.75, 3.05) is 5.32 Å². The van der Waals surface area contributed by atoms with Gasteiger partial charge in [0.1, 0.15) is 11.4 Å². The van der Waals surface area contributed by atoms with Gasteiger partial charge < -0.3 is 5.32 Å². The summed E-state index contributed by atoms with van der Waals surface area (Å²) in [6.45, 7) is 1.71. The van der Waals surface area contributed by atoms with Gasteiger partial charge in [-0.3, -0.25) is 19.7 Å². The van der Waals surface area contributed by atoms with Crippen LogP contribution in [0.1, 0.15) is 12.0 Å². The molecule has 1 heterocycles. The maximum atomic E-state index is 11.8. The normalized spacial score (nSPS) is 13.7. The van der Waals surface area contributed by atoms with E-state index in [1.54, 1.807) is 13.0 Å². The number of nitrogens with zero attached hydrogens (tertiary/aromatic N) is 2. The number of benzene rings is 1. The summed E-state index contributed by atoms with van der Waals surface area (Å²) >= 11 is 0. The van der Waals surface area contributed by atoms with Crippen molar-refractivity contribution in [3.63, 3.8) is 0 Å². The molecule has 0 radical (unpaired) electrons. The van der Waals surface area contributed by atoms with Crippen molar-refractivity contribution in [3.05, 3.63) is 33.9 Å². The van der Waals surface area contributed by atoms with Crippen molar-refractivity contribution in [2.45, 2.75) is 13.3 Å². The number of nitrogens with one attached hydrogen (secondary N) is 2. The number of carbonyl (C=O) groups excluding carboxylic acids is 2. The van der Waals surface area contributed by atoms with Crippen molar-refractivity contribution in [2.24, 2.45) is 5.10 Å². The number of anilines is 1. The molecule has 0 saturated carbocycles. The Bertz CT molecular complexity index is 609. The van der Waals surface area contributed by atoms with Crippen LogP contribution < -0.4 is 10.7 Å². The minimum absolute atomic E-state index is 0.000118. The number of nitro benzene ring substituents is 1. The lowest BCUT2D eigenvalue weighted by Crippen LogP contribution is -2.22. The van der Waals surface area contributed by atoms with Gasteiger partial charge in [-0.25, -0.2) is 5.43 Å². The summed E-state index contributed by atoms with van der Waals surface area (Å²) in [7, 11) is 0. The molecule has 1 aromatic rings. The third kappa shape index (κ3) is 2.73. The molecule has 0 bridgehead atoms. The van der Waals surface area contributed by atoms with Gasteiger partial charge in [-0.05, 0) is 18.6 Å². The molecule has 0 aliphatic carbocycles. The molecule has 0 fully saturated rings. The second kappa shape index (κ2) is 4.84. The fraction of sp³-hybridized carbons (Fsp3) is 0.182. The average molecular weight is 262 g/mol. The molecule has 1 aliphatic rings. The minimum atomic E-state index is -0.634. The van der Waals surface area contributed by atoms with E-state index in [4.69, 9.17) is 0 Å². The molecular formula is C11H10N4O4. The zero-order valence-electron chi connectivity index (χ0n) is 9.97. The predicted molar refractivity (Wildman–Crippen MR) is 66.7 cm³/mol. The highest BCUT2D eigenvalue weighted by atomic mass is 16.6. The fourth-order valence-corrected chi connectivity index (χ4v) is 1.58. The van der Waals surface area contributed by atoms with Crippen molar-refractivity contribution < 1.29 is 14.5 Å². The highest BCUT2D eigenvalue weighted by molar-refractivity contribution is 6.46. The van der Waals surface area contributed by atoms with Gasteiger partial charge in [0.05, 0.1) is 11.3 Å². The Labute approximate surface area is 107 Å². The highest BCUT2D eigenvalue weighted by Gasteiger charge is 2.23. The third-order valence-corrected chi connectivity index (χ3v) is 2.50. The van der Waals surface area contributed by atoms with Gasteiger partial charge in [0.25, 0.3) is 11.6 Å². The lowest BCUT2D eigenvalue weighted by molar-refractivity contribution is -0.384. The van der Waals surface area contributed by atoms with E-state index in [-0.39, 0.29) is 29.4 Å². The van der Waals surface area contributed by atoms with E-state index in [0.717, 1.165) is 0 Å². The summed E-state index contributed by atoms with van der Waals surface area (Å²) in [4.78, 5) is 33.0. The first-order valence-electron chi connectivity index (χ1n) is 5.39. The maximum absolute atomic E-state index is 11.8. The summed E-state index contributed by atoms with van der Waals surface area (Å²) in [6, 6.07) is 4.44. The molecule has 1 aromatic carbocycles. The van der Waals surface area contributed by atoms with Gasteiger partial charge in [-0.15, -0.1) is 0 Å². The van der Waals surface area contributed by atoms with E-state index >= 15 is 0 Å². The molecule has 0 atom stereocenters. The number of carbonyl (C=O) groups is 2. The standard InChI is InChI=1S/C11H10N4O4/c1-6-2-3-7(9(4-6)15(18)19)12-11(17)8-5-10(16)14-13-8/h2-4H,5H2,1H3,(H,12,17)(H,14,16). The Balaban J connectivity index is 2.22. The maximum Gasteiger partial charge on any atom is 0.293 e. The van der Waals surface area contributed by atoms with E-state index in [9.17, 15) is 19.7 Å². The highest BCUT2D eigenvalue weighted by Crippen LogP contribution is 2.25. The van der Waals surface area contributed by atoms with Gasteiger partial charge >= 0.3 is 0 Å². The van der Waals surface area contributed by atoms with Crippen LogP contribution in [0.15, 0.2) is 23.3 Å². The Morgan fingerprint density at radius 3 is 2.84 bits per heavy atom. The molecule has 2 rings (SSSR count). The lowest BCUT2D eigenvalue weighted by atomic mass is 10.2. The van der Waals surface area contributed by atoms with E-state index in [1.165, 1.54) is 12.1 Å². The number of hydrogen-bond acceptors (Lipinski definition) is 5. The Hall–Kier alpha value is -2.77. The minimum Gasteiger partial charge on any atom is -0.315 e. The Morgan fingerprint density at radius 1 is 1.53 bits per heavy atom. The van der Waals surface area contributed by atoms with E-state index in [0.29, 0.717) is 5.56 Å². The SMILES string of the molecule is Cc1ccc(NC(=O)C2=NNC(=O)C2)c([N+](=O)[O-])c1. The third-order valence-electron chi connectivity index (χ3n) is 2.50. The average Bonchev–Trinajstić information content (AvgIpc) is 2.78. The zero-order chi connectivity index (χ0) is 14.0. The summed E-state index contributed by atoms with van der Waals surface area (Å²) in [5, 5.41) is 16.8. The first-order chi connectivity index (χ1) is 8.97. The molecule has 19 heavy (non-hydrogen) atoms. The fourth-order valence-electron chi connectivity index (χ4n) is 1.58. The molecule has 8 nitrogen and oxygen atoms in total. The Morgan fingerprint density at radius 2 is 2.26 bits per heavy atom. The largest absolute Gasteiger partial charge is 0.315 e. The van der Waals surface area contributed by atoms with Crippen molar-refractivity contribution in [1.29, 1.82) is 0 Å².